The fourth-order valence-corrected chi connectivity index (χ4v) is 2.61. The highest BCUT2D eigenvalue weighted by Gasteiger charge is 2.31. The Morgan fingerprint density at radius 3 is 2.79 bits per heavy atom. The second-order valence-corrected chi connectivity index (χ2v) is 7.15. The zero-order valence-corrected chi connectivity index (χ0v) is 12.6. The van der Waals surface area contributed by atoms with Crippen molar-refractivity contribution >= 4 is 0 Å². The molecule has 1 unspecified atom stereocenters. The van der Waals surface area contributed by atoms with Crippen LogP contribution in [0.5, 0.6) is 0 Å². The Morgan fingerprint density at radius 2 is 2.21 bits per heavy atom. The van der Waals surface area contributed by atoms with E-state index in [1.807, 2.05) is 6.20 Å². The molecule has 1 saturated heterocycles. The number of piperidine rings is 1. The standard InChI is InChI=1S/C15H26N2O2/c1-14(2,3)12-8-16-13(19-12)9-17-7-5-6-15(4,10-17)11-18/h8,18H,5-7,9-11H2,1-4H3. The molecule has 1 N–H and O–H groups in total. The number of hydrogen-bond donors (Lipinski definition) is 1. The van der Waals surface area contributed by atoms with Crippen LogP contribution in [0.15, 0.2) is 10.6 Å². The number of likely N-dealkylation sites (tertiary alicyclic amines) is 1. The Bertz CT molecular complexity index is 422. The van der Waals surface area contributed by atoms with Crippen molar-refractivity contribution in [3.05, 3.63) is 17.8 Å². The number of aliphatic hydroxyl groups is 1. The summed E-state index contributed by atoms with van der Waals surface area (Å²) in [5.74, 6) is 1.72. The molecular weight excluding hydrogens is 240 g/mol. The van der Waals surface area contributed by atoms with Gasteiger partial charge in [-0.15, -0.1) is 0 Å². The SMILES string of the molecule is CC1(CO)CCCN(Cc2ncc(C(C)(C)C)o2)C1. The van der Waals surface area contributed by atoms with E-state index in [4.69, 9.17) is 4.42 Å². The van der Waals surface area contributed by atoms with Gasteiger partial charge in [0.25, 0.3) is 0 Å². The average molecular weight is 266 g/mol. The van der Waals surface area contributed by atoms with Gasteiger partial charge in [0.05, 0.1) is 12.7 Å². The normalized spacial score (nSPS) is 25.7. The maximum absolute atomic E-state index is 9.48. The van der Waals surface area contributed by atoms with Crippen LogP contribution in [0.1, 0.15) is 52.2 Å². The molecule has 108 valence electrons. The van der Waals surface area contributed by atoms with Gasteiger partial charge in [-0.2, -0.15) is 0 Å². The summed E-state index contributed by atoms with van der Waals surface area (Å²) in [4.78, 5) is 6.71. The molecule has 0 saturated carbocycles. The van der Waals surface area contributed by atoms with Gasteiger partial charge in [-0.3, -0.25) is 4.90 Å². The molecule has 1 atom stereocenters. The van der Waals surface area contributed by atoms with Crippen molar-refractivity contribution in [1.29, 1.82) is 0 Å². The maximum atomic E-state index is 9.48. The quantitative estimate of drug-likeness (QED) is 0.913. The predicted molar refractivity (Wildman–Crippen MR) is 74.9 cm³/mol. The van der Waals surface area contributed by atoms with Crippen molar-refractivity contribution in [2.75, 3.05) is 19.7 Å². The molecule has 2 rings (SSSR count). The molecule has 0 radical (unpaired) electrons. The van der Waals surface area contributed by atoms with Crippen LogP contribution in [-0.4, -0.2) is 34.7 Å². The first-order chi connectivity index (χ1) is 8.82. The lowest BCUT2D eigenvalue weighted by atomic mass is 9.83. The minimum atomic E-state index is 0.00671. The molecule has 4 nitrogen and oxygen atoms in total. The molecule has 1 aromatic rings. The van der Waals surface area contributed by atoms with Gasteiger partial charge in [-0.05, 0) is 19.4 Å². The number of nitrogens with zero attached hydrogens (tertiary/aromatic N) is 2. The second kappa shape index (κ2) is 5.25. The van der Waals surface area contributed by atoms with E-state index in [9.17, 15) is 5.11 Å². The number of oxazole rings is 1. The molecular formula is C15H26N2O2. The number of hydrogen-bond acceptors (Lipinski definition) is 4. The van der Waals surface area contributed by atoms with Crippen LogP contribution in [0.25, 0.3) is 0 Å². The Balaban J connectivity index is 1.99. The van der Waals surface area contributed by atoms with Crippen LogP contribution in [0.4, 0.5) is 0 Å². The highest BCUT2D eigenvalue weighted by Crippen LogP contribution is 2.30. The van der Waals surface area contributed by atoms with E-state index in [1.54, 1.807) is 0 Å². The van der Waals surface area contributed by atoms with Crippen molar-refractivity contribution in [1.82, 2.24) is 9.88 Å². The van der Waals surface area contributed by atoms with E-state index in [-0.39, 0.29) is 17.4 Å². The molecule has 1 aliphatic heterocycles. The van der Waals surface area contributed by atoms with Crippen LogP contribution in [0.2, 0.25) is 0 Å². The molecule has 0 aliphatic carbocycles. The smallest absolute Gasteiger partial charge is 0.208 e. The van der Waals surface area contributed by atoms with Crippen molar-refractivity contribution < 1.29 is 9.52 Å². The van der Waals surface area contributed by atoms with Gasteiger partial charge in [-0.25, -0.2) is 4.98 Å². The molecule has 4 heteroatoms. The molecule has 19 heavy (non-hydrogen) atoms. The van der Waals surface area contributed by atoms with Crippen molar-refractivity contribution in [2.24, 2.45) is 5.41 Å². The van der Waals surface area contributed by atoms with Gasteiger partial charge in [0, 0.05) is 24.0 Å². The van der Waals surface area contributed by atoms with Crippen LogP contribution in [0.3, 0.4) is 0 Å². The topological polar surface area (TPSA) is 49.5 Å². The third kappa shape index (κ3) is 3.57. The average Bonchev–Trinajstić information content (AvgIpc) is 2.77. The third-order valence-corrected chi connectivity index (χ3v) is 3.89. The zero-order chi connectivity index (χ0) is 14.1. The summed E-state index contributed by atoms with van der Waals surface area (Å²) in [5.41, 5.74) is 0.0322. The highest BCUT2D eigenvalue weighted by molar-refractivity contribution is 5.06. The molecule has 0 spiro atoms. The van der Waals surface area contributed by atoms with Gasteiger partial charge in [-0.1, -0.05) is 27.7 Å². The van der Waals surface area contributed by atoms with E-state index < -0.39 is 0 Å². The molecule has 1 aliphatic rings. The molecule has 1 fully saturated rings. The molecule has 0 aromatic carbocycles. The lowest BCUT2D eigenvalue weighted by Gasteiger charge is -2.38. The van der Waals surface area contributed by atoms with Crippen molar-refractivity contribution in [3.8, 4) is 0 Å². The summed E-state index contributed by atoms with van der Waals surface area (Å²) in [6.45, 7) is 11.5. The fourth-order valence-electron chi connectivity index (χ4n) is 2.61. The van der Waals surface area contributed by atoms with E-state index in [2.05, 4.69) is 37.6 Å². The van der Waals surface area contributed by atoms with E-state index >= 15 is 0 Å². The monoisotopic (exact) mass is 266 g/mol. The lowest BCUT2D eigenvalue weighted by Crippen LogP contribution is -2.43. The van der Waals surface area contributed by atoms with Crippen LogP contribution >= 0.6 is 0 Å². The lowest BCUT2D eigenvalue weighted by molar-refractivity contribution is 0.0388. The summed E-state index contributed by atoms with van der Waals surface area (Å²) in [6.07, 6.45) is 4.06. The van der Waals surface area contributed by atoms with Gasteiger partial charge in [0.1, 0.15) is 5.76 Å². The minimum absolute atomic E-state index is 0.00671. The minimum Gasteiger partial charge on any atom is -0.444 e. The number of aromatic nitrogens is 1. The van der Waals surface area contributed by atoms with Crippen molar-refractivity contribution in [2.45, 2.75) is 52.5 Å². The molecule has 0 bridgehead atoms. The van der Waals surface area contributed by atoms with Crippen LogP contribution in [-0.2, 0) is 12.0 Å². The van der Waals surface area contributed by atoms with Gasteiger partial charge in [0.2, 0.25) is 5.89 Å². The molecule has 0 amide bonds. The Hall–Kier alpha value is -0.870. The Labute approximate surface area is 115 Å². The number of aliphatic hydroxyl groups excluding tert-OH is 1. The molecule has 2 heterocycles. The summed E-state index contributed by atoms with van der Waals surface area (Å²) < 4.78 is 5.84. The first-order valence-electron chi connectivity index (χ1n) is 7.11. The van der Waals surface area contributed by atoms with Gasteiger partial charge in [0.15, 0.2) is 0 Å². The predicted octanol–water partition coefficient (Wildman–Crippen LogP) is 2.57. The Kier molecular flexibility index (Phi) is 4.02. The first kappa shape index (κ1) is 14.5. The van der Waals surface area contributed by atoms with Crippen molar-refractivity contribution in [3.63, 3.8) is 0 Å². The third-order valence-electron chi connectivity index (χ3n) is 3.89. The summed E-state index contributed by atoms with van der Waals surface area (Å²) in [6, 6.07) is 0. The van der Waals surface area contributed by atoms with Crippen LogP contribution in [0, 0.1) is 5.41 Å². The summed E-state index contributed by atoms with van der Waals surface area (Å²) in [7, 11) is 0. The maximum Gasteiger partial charge on any atom is 0.208 e. The van der Waals surface area contributed by atoms with E-state index in [1.165, 1.54) is 0 Å². The first-order valence-corrected chi connectivity index (χ1v) is 7.11. The number of rotatable bonds is 3. The van der Waals surface area contributed by atoms with Gasteiger partial charge >= 0.3 is 0 Å². The summed E-state index contributed by atoms with van der Waals surface area (Å²) >= 11 is 0. The largest absolute Gasteiger partial charge is 0.444 e. The zero-order valence-electron chi connectivity index (χ0n) is 12.6. The highest BCUT2D eigenvalue weighted by atomic mass is 16.4. The summed E-state index contributed by atoms with van der Waals surface area (Å²) in [5, 5.41) is 9.48. The molecule has 1 aromatic heterocycles. The van der Waals surface area contributed by atoms with E-state index in [0.29, 0.717) is 0 Å². The second-order valence-electron chi connectivity index (χ2n) is 7.15. The van der Waals surface area contributed by atoms with Gasteiger partial charge < -0.3 is 9.52 Å². The fraction of sp³-hybridized carbons (Fsp3) is 0.800. The van der Waals surface area contributed by atoms with Crippen LogP contribution < -0.4 is 0 Å². The Morgan fingerprint density at radius 1 is 1.47 bits per heavy atom. The van der Waals surface area contributed by atoms with E-state index in [0.717, 1.165) is 44.1 Å².